The van der Waals surface area contributed by atoms with E-state index in [-0.39, 0.29) is 36.2 Å². The maximum absolute atomic E-state index is 13.0. The van der Waals surface area contributed by atoms with Gasteiger partial charge in [0.2, 0.25) is 5.91 Å². The van der Waals surface area contributed by atoms with Crippen LogP contribution in [0.4, 0.5) is 4.79 Å². The van der Waals surface area contributed by atoms with E-state index < -0.39 is 18.1 Å². The molecule has 172 valence electrons. The van der Waals surface area contributed by atoms with Gasteiger partial charge in [-0.25, -0.2) is 4.79 Å². The Hall–Kier alpha value is -3.35. The number of benzene rings is 2. The van der Waals surface area contributed by atoms with Gasteiger partial charge in [0.15, 0.2) is 0 Å². The summed E-state index contributed by atoms with van der Waals surface area (Å²) in [6, 6.07) is 15.6. The molecule has 3 aliphatic rings. The van der Waals surface area contributed by atoms with Gasteiger partial charge in [-0.1, -0.05) is 55.5 Å². The van der Waals surface area contributed by atoms with Gasteiger partial charge in [-0.05, 0) is 46.9 Å². The van der Waals surface area contributed by atoms with Crippen LogP contribution in [0.1, 0.15) is 36.8 Å². The van der Waals surface area contributed by atoms with Crippen molar-refractivity contribution >= 4 is 18.0 Å². The van der Waals surface area contributed by atoms with Crippen LogP contribution in [0, 0.1) is 17.8 Å². The molecule has 2 aromatic carbocycles. The molecule has 2 aromatic rings. The number of rotatable bonds is 6. The number of amides is 2. The molecule has 7 heteroatoms. The Balaban J connectivity index is 1.19. The van der Waals surface area contributed by atoms with Crippen molar-refractivity contribution in [3.63, 3.8) is 0 Å². The zero-order chi connectivity index (χ0) is 23.1. The summed E-state index contributed by atoms with van der Waals surface area (Å²) in [4.78, 5) is 38.6. The lowest BCUT2D eigenvalue weighted by atomic mass is 9.98. The number of fused-ring (bicyclic) bond motifs is 4. The highest BCUT2D eigenvalue weighted by Gasteiger charge is 2.57. The molecule has 4 unspecified atom stereocenters. The van der Waals surface area contributed by atoms with Gasteiger partial charge in [0.05, 0.1) is 5.92 Å². The first-order valence-electron chi connectivity index (χ1n) is 11.6. The Kier molecular flexibility index (Phi) is 5.56. The number of carbonyl (C=O) groups is 3. The van der Waals surface area contributed by atoms with Crippen LogP contribution < -0.4 is 5.32 Å². The van der Waals surface area contributed by atoms with E-state index in [2.05, 4.69) is 29.6 Å². The molecule has 4 atom stereocenters. The molecular weight excluding hydrogens is 420 g/mol. The average Bonchev–Trinajstić information content (AvgIpc) is 3.48. The zero-order valence-corrected chi connectivity index (χ0v) is 18.6. The number of carbonyl (C=O) groups excluding carboxylic acids is 2. The highest BCUT2D eigenvalue weighted by molar-refractivity contribution is 5.86. The molecule has 1 aliphatic heterocycles. The van der Waals surface area contributed by atoms with Gasteiger partial charge in [0, 0.05) is 19.0 Å². The number of hydrogen-bond donors (Lipinski definition) is 2. The van der Waals surface area contributed by atoms with E-state index >= 15 is 0 Å². The number of nitrogens with zero attached hydrogens (tertiary/aromatic N) is 1. The van der Waals surface area contributed by atoms with E-state index in [9.17, 15) is 19.5 Å². The highest BCUT2D eigenvalue weighted by Crippen LogP contribution is 2.51. The van der Waals surface area contributed by atoms with Crippen LogP contribution in [-0.4, -0.2) is 53.7 Å². The standard InChI is InChI=1S/C26H28N2O5/c1-2-22(24(29)28-12-11-19-20(13-28)23(19)25(30)31)27-26(32)33-14-21-17-9-5-3-7-15(17)16-8-4-6-10-18(16)21/h3-10,19-23H,2,11-14H2,1H3,(H,27,32)(H,30,31). The molecule has 2 aliphatic carbocycles. The smallest absolute Gasteiger partial charge is 0.407 e. The highest BCUT2D eigenvalue weighted by atomic mass is 16.5. The Morgan fingerprint density at radius 1 is 1.06 bits per heavy atom. The van der Waals surface area contributed by atoms with Crippen LogP contribution in [0.15, 0.2) is 48.5 Å². The first-order valence-corrected chi connectivity index (χ1v) is 11.6. The summed E-state index contributed by atoms with van der Waals surface area (Å²) in [6.07, 6.45) is 0.534. The van der Waals surface area contributed by atoms with Gasteiger partial charge in [0.25, 0.3) is 0 Å². The van der Waals surface area contributed by atoms with Crippen molar-refractivity contribution in [3.05, 3.63) is 59.7 Å². The number of aliphatic carboxylic acids is 1. The third kappa shape index (κ3) is 3.86. The molecule has 5 rings (SSSR count). The Morgan fingerprint density at radius 3 is 2.30 bits per heavy atom. The fourth-order valence-corrected chi connectivity index (χ4v) is 5.65. The topological polar surface area (TPSA) is 95.9 Å². The molecule has 1 saturated heterocycles. The molecule has 7 nitrogen and oxygen atoms in total. The van der Waals surface area contributed by atoms with Crippen molar-refractivity contribution in [2.24, 2.45) is 17.8 Å². The number of likely N-dealkylation sites (tertiary alicyclic amines) is 1. The molecule has 0 bridgehead atoms. The van der Waals surface area contributed by atoms with Crippen LogP contribution in [0.2, 0.25) is 0 Å². The Bertz CT molecular complexity index is 1050. The monoisotopic (exact) mass is 448 g/mol. The molecule has 33 heavy (non-hydrogen) atoms. The predicted molar refractivity (Wildman–Crippen MR) is 122 cm³/mol. The number of hydrogen-bond acceptors (Lipinski definition) is 4. The summed E-state index contributed by atoms with van der Waals surface area (Å²) >= 11 is 0. The van der Waals surface area contributed by atoms with E-state index in [1.807, 2.05) is 31.2 Å². The van der Waals surface area contributed by atoms with Crippen LogP contribution >= 0.6 is 0 Å². The van der Waals surface area contributed by atoms with Gasteiger partial charge in [-0.3, -0.25) is 9.59 Å². The van der Waals surface area contributed by atoms with Gasteiger partial charge in [0.1, 0.15) is 12.6 Å². The number of nitrogens with one attached hydrogen (secondary N) is 1. The zero-order valence-electron chi connectivity index (χ0n) is 18.6. The third-order valence-corrected chi connectivity index (χ3v) is 7.43. The average molecular weight is 449 g/mol. The number of piperidine rings is 1. The number of ether oxygens (including phenoxy) is 1. The number of carboxylic acid groups (broad SMARTS) is 1. The molecule has 0 radical (unpaired) electrons. The van der Waals surface area contributed by atoms with Gasteiger partial charge >= 0.3 is 12.1 Å². The quantitative estimate of drug-likeness (QED) is 0.705. The number of carboxylic acids is 1. The minimum atomic E-state index is -0.775. The second kappa shape index (κ2) is 8.54. The van der Waals surface area contributed by atoms with Crippen LogP contribution in [0.5, 0.6) is 0 Å². The molecule has 2 N–H and O–H groups in total. The SMILES string of the molecule is CCC(NC(=O)OCC1c2ccccc2-c2ccccc21)C(=O)N1CCC2C(C1)C2C(=O)O. The number of alkyl carbamates (subject to hydrolysis) is 1. The van der Waals surface area contributed by atoms with Crippen molar-refractivity contribution in [3.8, 4) is 11.1 Å². The largest absolute Gasteiger partial charge is 0.481 e. The summed E-state index contributed by atoms with van der Waals surface area (Å²) < 4.78 is 5.59. The van der Waals surface area contributed by atoms with E-state index in [1.165, 1.54) is 0 Å². The molecule has 2 fully saturated rings. The van der Waals surface area contributed by atoms with Crippen molar-refractivity contribution in [2.75, 3.05) is 19.7 Å². The first-order chi connectivity index (χ1) is 16.0. The lowest BCUT2D eigenvalue weighted by Crippen LogP contribution is -2.50. The first kappa shape index (κ1) is 21.5. The fraction of sp³-hybridized carbons (Fsp3) is 0.423. The van der Waals surface area contributed by atoms with E-state index in [0.29, 0.717) is 25.9 Å². The lowest BCUT2D eigenvalue weighted by Gasteiger charge is -2.30. The second-order valence-electron chi connectivity index (χ2n) is 9.20. The summed E-state index contributed by atoms with van der Waals surface area (Å²) in [5.41, 5.74) is 4.59. The Labute approximate surface area is 192 Å². The molecule has 1 heterocycles. The lowest BCUT2D eigenvalue weighted by molar-refractivity contribution is -0.139. The summed E-state index contributed by atoms with van der Waals surface area (Å²) in [5.74, 6) is -1.10. The molecule has 1 saturated carbocycles. The molecule has 0 spiro atoms. The summed E-state index contributed by atoms with van der Waals surface area (Å²) in [6.45, 7) is 3.02. The minimum Gasteiger partial charge on any atom is -0.481 e. The predicted octanol–water partition coefficient (Wildman–Crippen LogP) is 3.48. The van der Waals surface area contributed by atoms with Gasteiger partial charge < -0.3 is 20.1 Å². The van der Waals surface area contributed by atoms with E-state index in [1.54, 1.807) is 4.90 Å². The summed E-state index contributed by atoms with van der Waals surface area (Å²) in [7, 11) is 0. The van der Waals surface area contributed by atoms with Gasteiger partial charge in [-0.2, -0.15) is 0 Å². The molecule has 0 aromatic heterocycles. The van der Waals surface area contributed by atoms with Crippen molar-refractivity contribution < 1.29 is 24.2 Å². The van der Waals surface area contributed by atoms with Crippen LogP contribution in [-0.2, 0) is 14.3 Å². The summed E-state index contributed by atoms with van der Waals surface area (Å²) in [5, 5.41) is 12.0. The molecule has 2 amide bonds. The fourth-order valence-electron chi connectivity index (χ4n) is 5.65. The van der Waals surface area contributed by atoms with Crippen molar-refractivity contribution in [1.82, 2.24) is 10.2 Å². The van der Waals surface area contributed by atoms with Gasteiger partial charge in [-0.15, -0.1) is 0 Å². The normalized spacial score (nSPS) is 23.7. The minimum absolute atomic E-state index is 0.0344. The van der Waals surface area contributed by atoms with Crippen molar-refractivity contribution in [2.45, 2.75) is 31.7 Å². The van der Waals surface area contributed by atoms with Crippen LogP contribution in [0.25, 0.3) is 11.1 Å². The Morgan fingerprint density at radius 2 is 1.70 bits per heavy atom. The second-order valence-corrected chi connectivity index (χ2v) is 9.20. The molecular formula is C26H28N2O5. The van der Waals surface area contributed by atoms with Crippen molar-refractivity contribution in [1.29, 1.82) is 0 Å². The van der Waals surface area contributed by atoms with E-state index in [4.69, 9.17) is 4.74 Å². The third-order valence-electron chi connectivity index (χ3n) is 7.43. The maximum Gasteiger partial charge on any atom is 0.407 e. The maximum atomic E-state index is 13.0. The van der Waals surface area contributed by atoms with Crippen LogP contribution in [0.3, 0.4) is 0 Å². The van der Waals surface area contributed by atoms with E-state index in [0.717, 1.165) is 22.3 Å².